The molecule has 2 aromatic carbocycles. The molecule has 7 rings (SSSR count). The van der Waals surface area contributed by atoms with E-state index in [0.717, 1.165) is 86.9 Å². The highest BCUT2D eigenvalue weighted by Gasteiger charge is 2.45. The van der Waals surface area contributed by atoms with Crippen LogP contribution in [0.25, 0.3) is 10.9 Å². The summed E-state index contributed by atoms with van der Waals surface area (Å²) in [5.41, 5.74) is -0.595. The lowest BCUT2D eigenvalue weighted by atomic mass is 9.86. The molecule has 60 heavy (non-hydrogen) atoms. The van der Waals surface area contributed by atoms with E-state index in [4.69, 9.17) is 5.10 Å². The number of pyridine rings is 1. The lowest BCUT2D eigenvalue weighted by Gasteiger charge is -2.28. The molecule has 2 aromatic heterocycles. The fraction of sp³-hybridized carbons (Fsp3) is 0.465. The number of hydrogen-bond acceptors (Lipinski definition) is 10. The summed E-state index contributed by atoms with van der Waals surface area (Å²) >= 11 is 0. The van der Waals surface area contributed by atoms with Crippen molar-refractivity contribution >= 4 is 51.8 Å². The number of carbonyl (C=O) groups is 5. The number of fused-ring (bicyclic) bond motifs is 2. The highest BCUT2D eigenvalue weighted by atomic mass is 19.4. The fourth-order valence-electron chi connectivity index (χ4n) is 8.33. The van der Waals surface area contributed by atoms with Gasteiger partial charge >= 0.3 is 6.18 Å². The smallest absolute Gasteiger partial charge is 0.386 e. The lowest BCUT2D eigenvalue weighted by molar-refractivity contribution is -0.141. The zero-order valence-corrected chi connectivity index (χ0v) is 33.5. The predicted octanol–water partition coefficient (Wildman–Crippen LogP) is 6.32. The van der Waals surface area contributed by atoms with E-state index in [2.05, 4.69) is 26.3 Å². The molecular formula is C43H49F3N8O6. The second-order valence-electron chi connectivity index (χ2n) is 16.4. The number of aliphatic hydroxyl groups is 1. The topological polar surface area (TPSA) is 188 Å². The molecule has 5 amide bonds. The molecule has 2 aliphatic heterocycles. The summed E-state index contributed by atoms with van der Waals surface area (Å²) in [6, 6.07) is 10.8. The van der Waals surface area contributed by atoms with E-state index in [1.807, 2.05) is 10.9 Å². The van der Waals surface area contributed by atoms with Crippen LogP contribution in [0.15, 0.2) is 54.7 Å². The Bertz CT molecular complexity index is 2300. The largest absolute Gasteiger partial charge is 0.433 e. The number of alkyl halides is 3. The van der Waals surface area contributed by atoms with Crippen molar-refractivity contribution in [2.75, 3.05) is 30.3 Å². The maximum Gasteiger partial charge on any atom is 0.433 e. The van der Waals surface area contributed by atoms with Gasteiger partial charge in [0.2, 0.25) is 11.8 Å². The van der Waals surface area contributed by atoms with Crippen LogP contribution in [0.1, 0.15) is 127 Å². The number of halogens is 3. The van der Waals surface area contributed by atoms with E-state index in [1.54, 1.807) is 44.2 Å². The van der Waals surface area contributed by atoms with Gasteiger partial charge in [-0.3, -0.25) is 38.9 Å². The maximum absolute atomic E-state index is 13.3. The highest BCUT2D eigenvalue weighted by Crippen LogP contribution is 2.37. The van der Waals surface area contributed by atoms with Gasteiger partial charge < -0.3 is 21.1 Å². The second-order valence-corrected chi connectivity index (χ2v) is 16.4. The fourth-order valence-corrected chi connectivity index (χ4v) is 8.33. The van der Waals surface area contributed by atoms with Crippen molar-refractivity contribution in [3.8, 4) is 0 Å². The quantitative estimate of drug-likeness (QED) is 0.0670. The van der Waals surface area contributed by atoms with Crippen molar-refractivity contribution in [2.45, 2.75) is 102 Å². The third-order valence-electron chi connectivity index (χ3n) is 11.5. The summed E-state index contributed by atoms with van der Waals surface area (Å²) in [5.74, 6) is -2.38. The van der Waals surface area contributed by atoms with Gasteiger partial charge in [0.05, 0.1) is 28.3 Å². The average Bonchev–Trinajstić information content (AvgIpc) is 3.74. The third-order valence-corrected chi connectivity index (χ3v) is 11.5. The zero-order chi connectivity index (χ0) is 42.8. The number of anilines is 2. The Hall–Kier alpha value is -5.68. The van der Waals surface area contributed by atoms with Crippen LogP contribution in [-0.2, 0) is 21.4 Å². The number of piperidine rings is 1. The molecule has 2 fully saturated rings. The number of carbonyl (C=O) groups excluding carboxylic acids is 5. The number of rotatable bonds is 15. The minimum atomic E-state index is -4.70. The number of hydrogen-bond donors (Lipinski definition) is 5. The van der Waals surface area contributed by atoms with Crippen LogP contribution in [-0.4, -0.2) is 80.0 Å². The first-order valence-electron chi connectivity index (χ1n) is 20.5. The number of benzene rings is 2. The van der Waals surface area contributed by atoms with Gasteiger partial charge in [-0.25, -0.2) is 4.98 Å². The number of unbranched alkanes of at least 4 members (excludes halogenated alkanes) is 3. The van der Waals surface area contributed by atoms with E-state index in [0.29, 0.717) is 29.2 Å². The van der Waals surface area contributed by atoms with Crippen LogP contribution < -0.4 is 21.3 Å². The van der Waals surface area contributed by atoms with Crippen LogP contribution >= 0.6 is 0 Å². The van der Waals surface area contributed by atoms with Crippen molar-refractivity contribution in [3.63, 3.8) is 0 Å². The molecule has 1 saturated heterocycles. The Labute approximate surface area is 344 Å². The van der Waals surface area contributed by atoms with E-state index >= 15 is 0 Å². The zero-order valence-electron chi connectivity index (χ0n) is 33.5. The molecule has 0 spiro atoms. The van der Waals surface area contributed by atoms with Gasteiger partial charge in [0.25, 0.3) is 17.7 Å². The minimum Gasteiger partial charge on any atom is -0.386 e. The molecule has 1 saturated carbocycles. The first kappa shape index (κ1) is 42.4. The molecule has 4 heterocycles. The van der Waals surface area contributed by atoms with Gasteiger partial charge in [-0.15, -0.1) is 0 Å². The Morgan fingerprint density at radius 1 is 0.900 bits per heavy atom. The summed E-state index contributed by atoms with van der Waals surface area (Å²) in [4.78, 5) is 67.9. The molecule has 0 radical (unpaired) electrons. The summed E-state index contributed by atoms with van der Waals surface area (Å²) in [5, 5.41) is 28.3. The predicted molar refractivity (Wildman–Crippen MR) is 216 cm³/mol. The monoisotopic (exact) mass is 830 g/mol. The van der Waals surface area contributed by atoms with Crippen molar-refractivity contribution < 1.29 is 42.3 Å². The first-order valence-corrected chi connectivity index (χ1v) is 20.5. The minimum absolute atomic E-state index is 0.0698. The van der Waals surface area contributed by atoms with E-state index in [-0.39, 0.29) is 35.7 Å². The van der Waals surface area contributed by atoms with Gasteiger partial charge in [-0.05, 0) is 114 Å². The van der Waals surface area contributed by atoms with E-state index < -0.39 is 58.7 Å². The molecule has 318 valence electrons. The van der Waals surface area contributed by atoms with E-state index in [9.17, 15) is 42.3 Å². The molecule has 5 N–H and O–H groups in total. The average molecular weight is 831 g/mol. The van der Waals surface area contributed by atoms with Crippen LogP contribution in [0.5, 0.6) is 0 Å². The van der Waals surface area contributed by atoms with Gasteiger partial charge in [0.1, 0.15) is 17.4 Å². The van der Waals surface area contributed by atoms with Gasteiger partial charge in [0, 0.05) is 41.5 Å². The Morgan fingerprint density at radius 3 is 2.35 bits per heavy atom. The summed E-state index contributed by atoms with van der Waals surface area (Å²) < 4.78 is 41.6. The highest BCUT2D eigenvalue weighted by molar-refractivity contribution is 6.25. The lowest BCUT2D eigenvalue weighted by Crippen LogP contribution is -2.54. The SMILES string of the molecule is CC(C)(O)c1cc2nn([C@H]3CC[C@H](CNCCCCCCNc4cccc5c4C(=O)N(C4CCC(=O)NC4=O)C5=O)CC3)cc2cc1NC(=O)c1cccc(C(F)(F)F)n1. The number of imide groups is 2. The molecule has 1 atom stereocenters. The molecule has 3 aliphatic rings. The van der Waals surface area contributed by atoms with Crippen LogP contribution in [0.4, 0.5) is 24.5 Å². The molecule has 0 bridgehead atoms. The summed E-state index contributed by atoms with van der Waals surface area (Å²) in [6.07, 6.45) is 5.25. The summed E-state index contributed by atoms with van der Waals surface area (Å²) in [7, 11) is 0. The number of nitrogens with zero attached hydrogens (tertiary/aromatic N) is 4. The van der Waals surface area contributed by atoms with Crippen LogP contribution in [0.2, 0.25) is 0 Å². The molecule has 1 aliphatic carbocycles. The van der Waals surface area contributed by atoms with Crippen LogP contribution in [0.3, 0.4) is 0 Å². The number of nitrogens with one attached hydrogen (secondary N) is 4. The molecular weight excluding hydrogens is 782 g/mol. The Balaban J connectivity index is 0.828. The standard InChI is InChI=1S/C43H49F3N8O6/c1-42(2,60)29-22-32-26(21-33(29)50-38(56)31-11-8-12-35(49-31)43(44,45)46)24-53(52-32)27-15-13-25(14-16-27)23-47-19-5-3-4-6-20-48-30-10-7-9-28-37(30)41(59)54(40(28)58)34-17-18-36(55)51-39(34)57/h7-12,21-22,24-25,27,34,47-48,60H,3-6,13-20,23H2,1-2H3,(H,50,56)(H,51,55,57)/t25-,27-,34?. The van der Waals surface area contributed by atoms with Crippen molar-refractivity contribution in [3.05, 3.63) is 82.8 Å². The maximum atomic E-state index is 13.3. The Morgan fingerprint density at radius 2 is 1.63 bits per heavy atom. The Kier molecular flexibility index (Phi) is 12.4. The van der Waals surface area contributed by atoms with Crippen LogP contribution in [0, 0.1) is 5.92 Å². The normalized spacial score (nSPS) is 19.8. The van der Waals surface area contributed by atoms with Crippen molar-refractivity contribution in [1.82, 2.24) is 30.3 Å². The van der Waals surface area contributed by atoms with Gasteiger partial charge in [-0.1, -0.05) is 25.0 Å². The number of amides is 5. The molecule has 14 nitrogen and oxygen atoms in total. The molecule has 1 unspecified atom stereocenters. The molecule has 17 heteroatoms. The van der Waals surface area contributed by atoms with Gasteiger partial charge in [0.15, 0.2) is 0 Å². The number of aromatic nitrogens is 3. The summed E-state index contributed by atoms with van der Waals surface area (Å²) in [6.45, 7) is 5.58. The first-order chi connectivity index (χ1) is 28.6. The van der Waals surface area contributed by atoms with Gasteiger partial charge in [-0.2, -0.15) is 18.3 Å². The third kappa shape index (κ3) is 9.36. The van der Waals surface area contributed by atoms with E-state index in [1.165, 1.54) is 6.07 Å². The second kappa shape index (κ2) is 17.5. The van der Waals surface area contributed by atoms with Crippen molar-refractivity contribution in [1.29, 1.82) is 0 Å². The molecule has 4 aromatic rings. The van der Waals surface area contributed by atoms with Crippen molar-refractivity contribution in [2.24, 2.45) is 5.92 Å².